The Morgan fingerprint density at radius 1 is 1.50 bits per heavy atom. The van der Waals surface area contributed by atoms with Crippen molar-refractivity contribution in [1.29, 1.82) is 0 Å². The van der Waals surface area contributed by atoms with Crippen LogP contribution >= 0.6 is 0 Å². The van der Waals surface area contributed by atoms with Gasteiger partial charge in [0.05, 0.1) is 11.9 Å². The zero-order chi connectivity index (χ0) is 13.1. The van der Waals surface area contributed by atoms with Crippen LogP contribution in [0.15, 0.2) is 18.3 Å². The van der Waals surface area contributed by atoms with Gasteiger partial charge in [0.1, 0.15) is 6.04 Å². The first-order chi connectivity index (χ1) is 8.58. The van der Waals surface area contributed by atoms with Crippen LogP contribution in [0.3, 0.4) is 0 Å². The van der Waals surface area contributed by atoms with E-state index >= 15 is 0 Å². The van der Waals surface area contributed by atoms with Crippen molar-refractivity contribution >= 4 is 17.7 Å². The largest absolute Gasteiger partial charge is 0.480 e. The van der Waals surface area contributed by atoms with Crippen molar-refractivity contribution in [2.45, 2.75) is 25.8 Å². The molecule has 6 heteroatoms. The normalized spacial score (nSPS) is 18.7. The molecule has 2 rings (SSSR count). The molecule has 96 valence electrons. The van der Waals surface area contributed by atoms with Crippen LogP contribution in [0.2, 0.25) is 0 Å². The molecular weight excluding hydrogens is 234 g/mol. The molecule has 1 aliphatic rings. The summed E-state index contributed by atoms with van der Waals surface area (Å²) in [6.07, 6.45) is 2.78. The number of carbonyl (C=O) groups is 2. The number of carboxylic acid groups (broad SMARTS) is 1. The third-order valence-electron chi connectivity index (χ3n) is 2.96. The number of hydrogen-bond acceptors (Lipinski definition) is 3. The minimum Gasteiger partial charge on any atom is -0.480 e. The fourth-order valence-electron chi connectivity index (χ4n) is 2.00. The van der Waals surface area contributed by atoms with Crippen molar-refractivity contribution in [2.24, 2.45) is 0 Å². The minimum atomic E-state index is -0.954. The predicted molar refractivity (Wildman–Crippen MR) is 65.4 cm³/mol. The van der Waals surface area contributed by atoms with Crippen molar-refractivity contribution in [3.63, 3.8) is 0 Å². The number of aryl methyl sites for hydroxylation is 1. The summed E-state index contributed by atoms with van der Waals surface area (Å²) >= 11 is 0. The van der Waals surface area contributed by atoms with Crippen molar-refractivity contribution in [3.05, 3.63) is 24.0 Å². The summed E-state index contributed by atoms with van der Waals surface area (Å²) in [5.41, 5.74) is 1.43. The molecule has 1 aliphatic heterocycles. The van der Waals surface area contributed by atoms with Crippen LogP contribution in [0.1, 0.15) is 18.5 Å². The second-order valence-electron chi connectivity index (χ2n) is 4.31. The molecule has 6 nitrogen and oxygen atoms in total. The Bertz CT molecular complexity index is 458. The number of pyridine rings is 1. The Morgan fingerprint density at radius 3 is 2.89 bits per heavy atom. The first-order valence-electron chi connectivity index (χ1n) is 5.81. The smallest absolute Gasteiger partial charge is 0.326 e. The van der Waals surface area contributed by atoms with E-state index in [9.17, 15) is 9.59 Å². The van der Waals surface area contributed by atoms with Crippen LogP contribution in [-0.4, -0.2) is 39.6 Å². The second-order valence-corrected chi connectivity index (χ2v) is 4.31. The lowest BCUT2D eigenvalue weighted by molar-refractivity contribution is -0.141. The van der Waals surface area contributed by atoms with Gasteiger partial charge >= 0.3 is 12.0 Å². The van der Waals surface area contributed by atoms with Crippen LogP contribution in [-0.2, 0) is 4.79 Å². The van der Waals surface area contributed by atoms with Crippen LogP contribution in [0.5, 0.6) is 0 Å². The van der Waals surface area contributed by atoms with Crippen LogP contribution in [0.25, 0.3) is 0 Å². The van der Waals surface area contributed by atoms with E-state index in [0.29, 0.717) is 18.7 Å². The van der Waals surface area contributed by atoms with Gasteiger partial charge in [-0.2, -0.15) is 0 Å². The SMILES string of the molecule is Cc1ccc(NC(=O)N2CCCC2C(=O)O)cn1. The number of hydrogen-bond donors (Lipinski definition) is 2. The second kappa shape index (κ2) is 5.03. The zero-order valence-corrected chi connectivity index (χ0v) is 10.1. The van der Waals surface area contributed by atoms with Gasteiger partial charge in [0.2, 0.25) is 0 Å². The molecule has 1 aromatic rings. The number of rotatable bonds is 2. The number of carbonyl (C=O) groups excluding carboxylic acids is 1. The molecule has 0 aliphatic carbocycles. The van der Waals surface area contributed by atoms with Gasteiger partial charge in [-0.05, 0) is 31.9 Å². The summed E-state index contributed by atoms with van der Waals surface area (Å²) < 4.78 is 0. The van der Waals surface area contributed by atoms with E-state index in [1.54, 1.807) is 18.3 Å². The lowest BCUT2D eigenvalue weighted by Gasteiger charge is -2.21. The minimum absolute atomic E-state index is 0.384. The molecule has 2 heterocycles. The molecule has 0 aromatic carbocycles. The van der Waals surface area contributed by atoms with E-state index in [4.69, 9.17) is 5.11 Å². The molecule has 1 unspecified atom stereocenters. The Balaban J connectivity index is 2.03. The number of aromatic nitrogens is 1. The average molecular weight is 249 g/mol. The van der Waals surface area contributed by atoms with Gasteiger partial charge in [-0.3, -0.25) is 4.98 Å². The molecular formula is C12H15N3O3. The Labute approximate surface area is 105 Å². The molecule has 0 spiro atoms. The first kappa shape index (κ1) is 12.3. The molecule has 2 N–H and O–H groups in total. The summed E-state index contributed by atoms with van der Waals surface area (Å²) in [7, 11) is 0. The maximum absolute atomic E-state index is 11.9. The highest BCUT2D eigenvalue weighted by atomic mass is 16.4. The lowest BCUT2D eigenvalue weighted by Crippen LogP contribution is -2.42. The van der Waals surface area contributed by atoms with E-state index in [1.165, 1.54) is 4.90 Å². The molecule has 2 amide bonds. The number of anilines is 1. The quantitative estimate of drug-likeness (QED) is 0.831. The van der Waals surface area contributed by atoms with Crippen molar-refractivity contribution in [3.8, 4) is 0 Å². The molecule has 0 radical (unpaired) electrons. The zero-order valence-electron chi connectivity index (χ0n) is 10.1. The number of carboxylic acids is 1. The molecule has 0 bridgehead atoms. The molecule has 1 aromatic heterocycles. The van der Waals surface area contributed by atoms with Gasteiger partial charge in [-0.1, -0.05) is 0 Å². The third-order valence-corrected chi connectivity index (χ3v) is 2.96. The first-order valence-corrected chi connectivity index (χ1v) is 5.81. The summed E-state index contributed by atoms with van der Waals surface area (Å²) in [5, 5.41) is 11.7. The Kier molecular flexibility index (Phi) is 3.45. The predicted octanol–water partition coefficient (Wildman–Crippen LogP) is 1.47. The number of nitrogens with zero attached hydrogens (tertiary/aromatic N) is 2. The van der Waals surface area contributed by atoms with E-state index in [2.05, 4.69) is 10.3 Å². The molecule has 1 fully saturated rings. The van der Waals surface area contributed by atoms with Gasteiger partial charge in [-0.15, -0.1) is 0 Å². The number of likely N-dealkylation sites (tertiary alicyclic amines) is 1. The van der Waals surface area contributed by atoms with E-state index in [0.717, 1.165) is 12.1 Å². The van der Waals surface area contributed by atoms with E-state index in [1.807, 2.05) is 6.92 Å². The maximum Gasteiger partial charge on any atom is 0.326 e. The van der Waals surface area contributed by atoms with Crippen molar-refractivity contribution in [1.82, 2.24) is 9.88 Å². The summed E-state index contributed by atoms with van der Waals surface area (Å²) in [5.74, 6) is -0.954. The van der Waals surface area contributed by atoms with E-state index in [-0.39, 0.29) is 6.03 Å². The summed E-state index contributed by atoms with van der Waals surface area (Å²) in [6, 6.07) is 2.43. The van der Waals surface area contributed by atoms with Gasteiger partial charge in [0, 0.05) is 12.2 Å². The highest BCUT2D eigenvalue weighted by Gasteiger charge is 2.33. The molecule has 0 saturated carbocycles. The van der Waals surface area contributed by atoms with Crippen LogP contribution < -0.4 is 5.32 Å². The fraction of sp³-hybridized carbons (Fsp3) is 0.417. The summed E-state index contributed by atoms with van der Waals surface area (Å²) in [6.45, 7) is 2.33. The molecule has 18 heavy (non-hydrogen) atoms. The summed E-state index contributed by atoms with van der Waals surface area (Å²) in [4.78, 5) is 28.3. The monoisotopic (exact) mass is 249 g/mol. The molecule has 1 saturated heterocycles. The topological polar surface area (TPSA) is 82.5 Å². The van der Waals surface area contributed by atoms with Crippen molar-refractivity contribution < 1.29 is 14.7 Å². The standard InChI is InChI=1S/C12H15N3O3/c1-8-4-5-9(7-13-8)14-12(18)15-6-2-3-10(15)11(16)17/h4-5,7,10H,2-3,6H2,1H3,(H,14,18)(H,16,17). The number of amides is 2. The Hall–Kier alpha value is -2.11. The van der Waals surface area contributed by atoms with E-state index < -0.39 is 12.0 Å². The average Bonchev–Trinajstić information content (AvgIpc) is 2.81. The number of aliphatic carboxylic acids is 1. The van der Waals surface area contributed by atoms with Gasteiger partial charge in [0.25, 0.3) is 0 Å². The van der Waals surface area contributed by atoms with Gasteiger partial charge < -0.3 is 15.3 Å². The highest BCUT2D eigenvalue weighted by Crippen LogP contribution is 2.18. The number of urea groups is 1. The van der Waals surface area contributed by atoms with Crippen LogP contribution in [0.4, 0.5) is 10.5 Å². The van der Waals surface area contributed by atoms with Gasteiger partial charge in [0.15, 0.2) is 0 Å². The fourth-order valence-corrected chi connectivity index (χ4v) is 2.00. The lowest BCUT2D eigenvalue weighted by atomic mass is 10.2. The molecule has 1 atom stereocenters. The van der Waals surface area contributed by atoms with Gasteiger partial charge in [-0.25, -0.2) is 9.59 Å². The van der Waals surface area contributed by atoms with Crippen molar-refractivity contribution in [2.75, 3.05) is 11.9 Å². The highest BCUT2D eigenvalue weighted by molar-refractivity contribution is 5.92. The third kappa shape index (κ3) is 2.58. The van der Waals surface area contributed by atoms with Crippen LogP contribution in [0, 0.1) is 6.92 Å². The maximum atomic E-state index is 11.9. The Morgan fingerprint density at radius 2 is 2.28 bits per heavy atom. The number of nitrogens with one attached hydrogen (secondary N) is 1.